The van der Waals surface area contributed by atoms with Crippen molar-refractivity contribution in [1.82, 2.24) is 10.6 Å². The molecule has 5 nitrogen and oxygen atoms in total. The fourth-order valence-electron chi connectivity index (χ4n) is 2.40. The van der Waals surface area contributed by atoms with Crippen LogP contribution in [0.4, 0.5) is 4.79 Å². The van der Waals surface area contributed by atoms with E-state index in [1.54, 1.807) is 0 Å². The van der Waals surface area contributed by atoms with Crippen molar-refractivity contribution in [2.24, 2.45) is 5.92 Å². The summed E-state index contributed by atoms with van der Waals surface area (Å²) in [5, 5.41) is 14.7. The highest BCUT2D eigenvalue weighted by molar-refractivity contribution is 7.99. The first kappa shape index (κ1) is 12.5. The normalized spacial score (nSPS) is 32.4. The molecular formula is C11H18N2O3S. The summed E-state index contributed by atoms with van der Waals surface area (Å²) in [6.07, 6.45) is 3.02. The first-order valence-electron chi connectivity index (χ1n) is 6.02. The summed E-state index contributed by atoms with van der Waals surface area (Å²) in [5.41, 5.74) is 0. The Morgan fingerprint density at radius 1 is 1.12 bits per heavy atom. The van der Waals surface area contributed by atoms with E-state index in [2.05, 4.69) is 10.6 Å². The Hall–Kier alpha value is -0.910. The van der Waals surface area contributed by atoms with Gasteiger partial charge in [-0.15, -0.1) is 0 Å². The first-order chi connectivity index (χ1) is 8.15. The number of rotatable bonds is 3. The average molecular weight is 258 g/mol. The number of hydrogen-bond acceptors (Lipinski definition) is 3. The van der Waals surface area contributed by atoms with E-state index < -0.39 is 5.97 Å². The molecule has 17 heavy (non-hydrogen) atoms. The smallest absolute Gasteiger partial charge is 0.315 e. The van der Waals surface area contributed by atoms with Crippen LogP contribution in [0, 0.1) is 5.92 Å². The first-order valence-corrected chi connectivity index (χ1v) is 7.18. The minimum Gasteiger partial charge on any atom is -0.481 e. The standard InChI is InChI=1S/C11H18N2O3S/c14-10(15)7-1-2-8(5-7)12-11(16)13-9-3-4-17-6-9/h7-9H,1-6H2,(H,14,15)(H2,12,13,16). The van der Waals surface area contributed by atoms with Crippen molar-refractivity contribution in [3.63, 3.8) is 0 Å². The van der Waals surface area contributed by atoms with Crippen LogP contribution in [0.5, 0.6) is 0 Å². The van der Waals surface area contributed by atoms with Gasteiger partial charge in [0.2, 0.25) is 0 Å². The maximum absolute atomic E-state index is 11.7. The zero-order chi connectivity index (χ0) is 12.3. The Bertz CT molecular complexity index is 305. The van der Waals surface area contributed by atoms with E-state index in [1.165, 1.54) is 0 Å². The summed E-state index contributed by atoms with van der Waals surface area (Å²) < 4.78 is 0. The molecule has 0 aromatic carbocycles. The Morgan fingerprint density at radius 3 is 2.47 bits per heavy atom. The van der Waals surface area contributed by atoms with Crippen LogP contribution >= 0.6 is 11.8 Å². The van der Waals surface area contributed by atoms with E-state index in [9.17, 15) is 9.59 Å². The third-order valence-corrected chi connectivity index (χ3v) is 4.54. The van der Waals surface area contributed by atoms with Gasteiger partial charge in [0.05, 0.1) is 5.92 Å². The summed E-state index contributed by atoms with van der Waals surface area (Å²) in [7, 11) is 0. The van der Waals surface area contributed by atoms with Crippen LogP contribution in [0.25, 0.3) is 0 Å². The van der Waals surface area contributed by atoms with Gasteiger partial charge in [0.15, 0.2) is 0 Å². The summed E-state index contributed by atoms with van der Waals surface area (Å²) in [6, 6.07) is 0.148. The summed E-state index contributed by atoms with van der Waals surface area (Å²) in [4.78, 5) is 22.4. The third kappa shape index (κ3) is 3.52. The minimum absolute atomic E-state index is 0.0187. The molecule has 2 fully saturated rings. The molecule has 0 bridgehead atoms. The van der Waals surface area contributed by atoms with E-state index in [1.807, 2.05) is 11.8 Å². The number of nitrogens with one attached hydrogen (secondary N) is 2. The van der Waals surface area contributed by atoms with E-state index in [0.29, 0.717) is 12.8 Å². The number of urea groups is 1. The summed E-state index contributed by atoms with van der Waals surface area (Å²) in [6.45, 7) is 0. The van der Waals surface area contributed by atoms with Crippen LogP contribution in [0.15, 0.2) is 0 Å². The van der Waals surface area contributed by atoms with Gasteiger partial charge in [0.1, 0.15) is 0 Å². The van der Waals surface area contributed by atoms with Crippen LogP contribution in [0.1, 0.15) is 25.7 Å². The third-order valence-electron chi connectivity index (χ3n) is 3.38. The number of aliphatic carboxylic acids is 1. The molecule has 1 saturated heterocycles. The molecule has 0 spiro atoms. The highest BCUT2D eigenvalue weighted by Gasteiger charge is 2.30. The maximum Gasteiger partial charge on any atom is 0.315 e. The topological polar surface area (TPSA) is 78.4 Å². The lowest BCUT2D eigenvalue weighted by Gasteiger charge is -2.16. The summed E-state index contributed by atoms with van der Waals surface area (Å²) >= 11 is 1.85. The van der Waals surface area contributed by atoms with Crippen LogP contribution < -0.4 is 10.6 Å². The van der Waals surface area contributed by atoms with Crippen molar-refractivity contribution in [2.45, 2.75) is 37.8 Å². The van der Waals surface area contributed by atoms with Crippen molar-refractivity contribution >= 4 is 23.8 Å². The molecule has 0 aromatic rings. The number of amides is 2. The Balaban J connectivity index is 1.70. The van der Waals surface area contributed by atoms with Gasteiger partial charge >= 0.3 is 12.0 Å². The lowest BCUT2D eigenvalue weighted by molar-refractivity contribution is -0.141. The lowest BCUT2D eigenvalue weighted by atomic mass is 10.1. The van der Waals surface area contributed by atoms with Crippen molar-refractivity contribution in [3.05, 3.63) is 0 Å². The van der Waals surface area contributed by atoms with Crippen LogP contribution in [-0.2, 0) is 4.79 Å². The molecule has 1 heterocycles. The quantitative estimate of drug-likeness (QED) is 0.707. The fourth-order valence-corrected chi connectivity index (χ4v) is 3.55. The molecule has 1 aliphatic heterocycles. The number of carbonyl (C=O) groups is 2. The molecule has 0 aromatic heterocycles. The van der Waals surface area contributed by atoms with Crippen molar-refractivity contribution in [3.8, 4) is 0 Å². The second-order valence-corrected chi connectivity index (χ2v) is 5.87. The van der Waals surface area contributed by atoms with Crippen LogP contribution in [-0.4, -0.2) is 40.7 Å². The van der Waals surface area contributed by atoms with E-state index in [-0.39, 0.29) is 24.0 Å². The van der Waals surface area contributed by atoms with Gasteiger partial charge < -0.3 is 15.7 Å². The van der Waals surface area contributed by atoms with Gasteiger partial charge in [-0.25, -0.2) is 4.79 Å². The number of hydrogen-bond donors (Lipinski definition) is 3. The molecule has 3 atom stereocenters. The second kappa shape index (κ2) is 5.62. The van der Waals surface area contributed by atoms with Gasteiger partial charge in [-0.1, -0.05) is 0 Å². The number of carboxylic acid groups (broad SMARTS) is 1. The monoisotopic (exact) mass is 258 g/mol. The highest BCUT2D eigenvalue weighted by Crippen LogP contribution is 2.25. The van der Waals surface area contributed by atoms with E-state index >= 15 is 0 Å². The zero-order valence-electron chi connectivity index (χ0n) is 9.65. The molecule has 6 heteroatoms. The molecule has 1 saturated carbocycles. The Kier molecular flexibility index (Phi) is 4.15. The average Bonchev–Trinajstić information content (AvgIpc) is 2.88. The van der Waals surface area contributed by atoms with Crippen molar-refractivity contribution in [2.75, 3.05) is 11.5 Å². The van der Waals surface area contributed by atoms with Crippen molar-refractivity contribution < 1.29 is 14.7 Å². The molecule has 96 valence electrons. The molecule has 1 aliphatic carbocycles. The molecule has 2 rings (SSSR count). The summed E-state index contributed by atoms with van der Waals surface area (Å²) in [5.74, 6) is 1.05. The fraction of sp³-hybridized carbons (Fsp3) is 0.818. The molecule has 2 aliphatic rings. The minimum atomic E-state index is -0.748. The Labute approximate surface area is 105 Å². The predicted molar refractivity (Wildman–Crippen MR) is 66.2 cm³/mol. The van der Waals surface area contributed by atoms with Gasteiger partial charge in [0.25, 0.3) is 0 Å². The lowest BCUT2D eigenvalue weighted by Crippen LogP contribution is -2.45. The Morgan fingerprint density at radius 2 is 1.88 bits per heavy atom. The molecule has 3 unspecified atom stereocenters. The van der Waals surface area contributed by atoms with Crippen LogP contribution in [0.2, 0.25) is 0 Å². The van der Waals surface area contributed by atoms with Gasteiger partial charge in [-0.05, 0) is 31.4 Å². The number of carbonyl (C=O) groups excluding carboxylic acids is 1. The zero-order valence-corrected chi connectivity index (χ0v) is 10.5. The van der Waals surface area contributed by atoms with Crippen LogP contribution in [0.3, 0.4) is 0 Å². The molecule has 0 radical (unpaired) electrons. The van der Waals surface area contributed by atoms with Gasteiger partial charge in [-0.2, -0.15) is 11.8 Å². The molecule has 3 N–H and O–H groups in total. The van der Waals surface area contributed by atoms with Gasteiger partial charge in [0, 0.05) is 17.8 Å². The maximum atomic E-state index is 11.7. The molecule has 2 amide bonds. The van der Waals surface area contributed by atoms with Gasteiger partial charge in [-0.3, -0.25) is 4.79 Å². The van der Waals surface area contributed by atoms with E-state index in [4.69, 9.17) is 5.11 Å². The number of thioether (sulfide) groups is 1. The molecular weight excluding hydrogens is 240 g/mol. The van der Waals surface area contributed by atoms with E-state index in [0.717, 1.165) is 24.3 Å². The largest absolute Gasteiger partial charge is 0.481 e. The highest BCUT2D eigenvalue weighted by atomic mass is 32.2. The predicted octanol–water partition coefficient (Wildman–Crippen LogP) is 1.04. The van der Waals surface area contributed by atoms with Crippen molar-refractivity contribution in [1.29, 1.82) is 0 Å². The SMILES string of the molecule is O=C(NC1CCSC1)NC1CCC(C(=O)O)C1. The second-order valence-electron chi connectivity index (χ2n) is 4.72. The number of carboxylic acids is 1.